The van der Waals surface area contributed by atoms with Gasteiger partial charge in [-0.15, -0.1) is 0 Å². The molecule has 0 aliphatic heterocycles. The molecule has 0 saturated carbocycles. The molecule has 1 heterocycles. The van der Waals surface area contributed by atoms with Gasteiger partial charge in [-0.3, -0.25) is 9.48 Å². The minimum Gasteiger partial charge on any atom is -0.493 e. The van der Waals surface area contributed by atoms with Gasteiger partial charge in [-0.05, 0) is 24.1 Å². The summed E-state index contributed by atoms with van der Waals surface area (Å²) in [5, 5.41) is 4.15. The van der Waals surface area contributed by atoms with Crippen LogP contribution in [-0.2, 0) is 13.0 Å². The van der Waals surface area contributed by atoms with Crippen LogP contribution in [0.1, 0.15) is 29.4 Å². The van der Waals surface area contributed by atoms with Gasteiger partial charge < -0.3 is 4.74 Å². The van der Waals surface area contributed by atoms with E-state index in [2.05, 4.69) is 5.10 Å². The van der Waals surface area contributed by atoms with Crippen LogP contribution in [-0.4, -0.2) is 22.7 Å². The number of Topliss-reactive ketones (excluding diaryl/α,β-unsaturated/α-hetero) is 1. The third-order valence-corrected chi connectivity index (χ3v) is 2.98. The number of hydrogen-bond donors (Lipinski definition) is 0. The molecule has 0 amide bonds. The van der Waals surface area contributed by atoms with Crippen molar-refractivity contribution in [2.75, 3.05) is 7.11 Å². The fourth-order valence-electron chi connectivity index (χ4n) is 2.10. The van der Waals surface area contributed by atoms with Crippen LogP contribution in [0, 0.1) is 5.82 Å². The third kappa shape index (κ3) is 3.04. The fourth-order valence-corrected chi connectivity index (χ4v) is 2.10. The van der Waals surface area contributed by atoms with Gasteiger partial charge >= 0.3 is 0 Å². The molecule has 0 bridgehead atoms. The van der Waals surface area contributed by atoms with E-state index in [1.807, 2.05) is 6.92 Å². The molecule has 0 fully saturated rings. The van der Waals surface area contributed by atoms with E-state index in [4.69, 9.17) is 4.74 Å². The van der Waals surface area contributed by atoms with Gasteiger partial charge in [0.05, 0.1) is 13.3 Å². The molecule has 0 atom stereocenters. The number of aryl methyl sites for hydroxylation is 1. The number of rotatable bonds is 6. The Morgan fingerprint density at radius 3 is 2.90 bits per heavy atom. The van der Waals surface area contributed by atoms with E-state index in [0.29, 0.717) is 23.6 Å². The van der Waals surface area contributed by atoms with Crippen LogP contribution < -0.4 is 4.74 Å². The molecule has 0 N–H and O–H groups in total. The summed E-state index contributed by atoms with van der Waals surface area (Å²) < 4.78 is 20.0. The second-order valence-corrected chi connectivity index (χ2v) is 4.51. The molecule has 0 unspecified atom stereocenters. The summed E-state index contributed by atoms with van der Waals surface area (Å²) in [4.78, 5) is 12.4. The maximum atomic E-state index is 13.2. The largest absolute Gasteiger partial charge is 0.493 e. The number of methoxy groups -OCH3 is 1. The maximum Gasteiger partial charge on any atom is 0.189 e. The van der Waals surface area contributed by atoms with Crippen molar-refractivity contribution in [3.63, 3.8) is 0 Å². The number of halogens is 1. The highest BCUT2D eigenvalue weighted by molar-refractivity contribution is 5.98. The summed E-state index contributed by atoms with van der Waals surface area (Å²) in [5.74, 6) is -0.0115. The lowest BCUT2D eigenvalue weighted by Gasteiger charge is -2.07. The van der Waals surface area contributed by atoms with Crippen molar-refractivity contribution < 1.29 is 13.9 Å². The Hall–Kier alpha value is -2.17. The molecule has 4 nitrogen and oxygen atoms in total. The minimum atomic E-state index is -0.343. The number of ketones is 1. The average Bonchev–Trinajstić information content (AvgIpc) is 2.82. The highest BCUT2D eigenvalue weighted by atomic mass is 19.1. The molecule has 2 aromatic rings. The predicted molar refractivity (Wildman–Crippen MR) is 73.5 cm³/mol. The zero-order chi connectivity index (χ0) is 14.5. The third-order valence-electron chi connectivity index (χ3n) is 2.98. The first-order chi connectivity index (χ1) is 9.65. The smallest absolute Gasteiger partial charge is 0.189 e. The van der Waals surface area contributed by atoms with Gasteiger partial charge in [0.1, 0.15) is 11.5 Å². The molecule has 20 heavy (non-hydrogen) atoms. The molecular weight excluding hydrogens is 259 g/mol. The molecule has 1 aromatic heterocycles. The Kier molecular flexibility index (Phi) is 4.50. The van der Waals surface area contributed by atoms with Crippen LogP contribution in [0.25, 0.3) is 0 Å². The predicted octanol–water partition coefficient (Wildman–Crippen LogP) is 2.87. The lowest BCUT2D eigenvalue weighted by molar-refractivity contribution is 0.0979. The summed E-state index contributed by atoms with van der Waals surface area (Å²) in [6, 6.07) is 6.05. The van der Waals surface area contributed by atoms with Crippen molar-refractivity contribution in [2.24, 2.45) is 0 Å². The van der Waals surface area contributed by atoms with E-state index in [1.165, 1.54) is 25.4 Å². The Labute approximate surface area is 117 Å². The summed E-state index contributed by atoms with van der Waals surface area (Å²) in [6.45, 7) is 2.66. The molecule has 0 radical (unpaired) electrons. The first-order valence-electron chi connectivity index (χ1n) is 6.53. The molecule has 2 rings (SSSR count). The number of hydrogen-bond acceptors (Lipinski definition) is 3. The van der Waals surface area contributed by atoms with E-state index in [9.17, 15) is 9.18 Å². The Balaban J connectivity index is 2.26. The van der Waals surface area contributed by atoms with Crippen LogP contribution >= 0.6 is 0 Å². The number of aromatic nitrogens is 2. The topological polar surface area (TPSA) is 44.1 Å². The van der Waals surface area contributed by atoms with Crippen LogP contribution in [0.3, 0.4) is 0 Å². The molecular formula is C15H17FN2O2. The maximum absolute atomic E-state index is 13.2. The van der Waals surface area contributed by atoms with Crippen molar-refractivity contribution in [1.29, 1.82) is 0 Å². The number of nitrogens with zero attached hydrogens (tertiary/aromatic N) is 2. The van der Waals surface area contributed by atoms with Crippen LogP contribution in [0.15, 0.2) is 30.5 Å². The van der Waals surface area contributed by atoms with E-state index < -0.39 is 0 Å². The Morgan fingerprint density at radius 2 is 2.25 bits per heavy atom. The molecule has 1 aromatic carbocycles. The second-order valence-electron chi connectivity index (χ2n) is 4.51. The van der Waals surface area contributed by atoms with Gasteiger partial charge in [-0.1, -0.05) is 19.1 Å². The number of carbonyl (C=O) groups excluding carboxylic acids is 1. The highest BCUT2D eigenvalue weighted by Gasteiger charge is 2.19. The fraction of sp³-hybridized carbons (Fsp3) is 0.333. The van der Waals surface area contributed by atoms with E-state index in [1.54, 1.807) is 16.8 Å². The number of carbonyl (C=O) groups is 1. The van der Waals surface area contributed by atoms with Gasteiger partial charge in [0.2, 0.25) is 0 Å². The van der Waals surface area contributed by atoms with Crippen LogP contribution in [0.5, 0.6) is 5.75 Å². The van der Waals surface area contributed by atoms with Crippen molar-refractivity contribution in [3.05, 3.63) is 47.5 Å². The first-order valence-corrected chi connectivity index (χ1v) is 6.53. The SMILES string of the molecule is CCCn1ncc(OC)c1C(=O)Cc1cccc(F)c1. The Morgan fingerprint density at radius 1 is 1.45 bits per heavy atom. The monoisotopic (exact) mass is 276 g/mol. The van der Waals surface area contributed by atoms with Crippen molar-refractivity contribution >= 4 is 5.78 Å². The normalized spacial score (nSPS) is 10.6. The molecule has 0 aliphatic carbocycles. The van der Waals surface area contributed by atoms with Gasteiger partial charge in [0.25, 0.3) is 0 Å². The summed E-state index contributed by atoms with van der Waals surface area (Å²) in [6.07, 6.45) is 2.53. The Bertz CT molecular complexity index is 608. The lowest BCUT2D eigenvalue weighted by atomic mass is 10.1. The summed E-state index contributed by atoms with van der Waals surface area (Å²) in [7, 11) is 1.51. The molecule has 0 saturated heterocycles. The van der Waals surface area contributed by atoms with Crippen molar-refractivity contribution in [1.82, 2.24) is 9.78 Å². The van der Waals surface area contributed by atoms with E-state index >= 15 is 0 Å². The summed E-state index contributed by atoms with van der Waals surface area (Å²) in [5.41, 5.74) is 1.08. The van der Waals surface area contributed by atoms with Crippen LogP contribution in [0.4, 0.5) is 4.39 Å². The standard InChI is InChI=1S/C15H17FN2O2/c1-3-7-18-15(14(20-2)10-17-18)13(19)9-11-5-4-6-12(16)8-11/h4-6,8,10H,3,7,9H2,1-2H3. The first kappa shape index (κ1) is 14.2. The molecule has 0 aliphatic rings. The van der Waals surface area contributed by atoms with Gasteiger partial charge in [-0.2, -0.15) is 5.10 Å². The van der Waals surface area contributed by atoms with E-state index in [-0.39, 0.29) is 18.0 Å². The van der Waals surface area contributed by atoms with Gasteiger partial charge in [0, 0.05) is 13.0 Å². The summed E-state index contributed by atoms with van der Waals surface area (Å²) >= 11 is 0. The van der Waals surface area contributed by atoms with Gasteiger partial charge in [-0.25, -0.2) is 4.39 Å². The number of ether oxygens (including phenoxy) is 1. The van der Waals surface area contributed by atoms with E-state index in [0.717, 1.165) is 6.42 Å². The van der Waals surface area contributed by atoms with Crippen LogP contribution in [0.2, 0.25) is 0 Å². The molecule has 5 heteroatoms. The lowest BCUT2D eigenvalue weighted by Crippen LogP contribution is -2.13. The number of benzene rings is 1. The average molecular weight is 276 g/mol. The van der Waals surface area contributed by atoms with Crippen molar-refractivity contribution in [3.8, 4) is 5.75 Å². The molecule has 0 spiro atoms. The van der Waals surface area contributed by atoms with Crippen molar-refractivity contribution in [2.45, 2.75) is 26.3 Å². The quantitative estimate of drug-likeness (QED) is 0.762. The molecule has 106 valence electrons. The minimum absolute atomic E-state index is 0.126. The highest BCUT2D eigenvalue weighted by Crippen LogP contribution is 2.20. The zero-order valence-corrected chi connectivity index (χ0v) is 11.6. The van der Waals surface area contributed by atoms with Gasteiger partial charge in [0.15, 0.2) is 11.5 Å². The second kappa shape index (κ2) is 6.32. The zero-order valence-electron chi connectivity index (χ0n) is 11.6.